The molecule has 1 saturated heterocycles. The summed E-state index contributed by atoms with van der Waals surface area (Å²) in [5, 5.41) is 6.78. The second-order valence-electron chi connectivity index (χ2n) is 7.32. The van der Waals surface area contributed by atoms with Crippen molar-refractivity contribution < 1.29 is 4.74 Å². The summed E-state index contributed by atoms with van der Waals surface area (Å²) in [6, 6.07) is 14.6. The molecule has 1 aromatic carbocycles. The van der Waals surface area contributed by atoms with E-state index in [4.69, 9.17) is 4.74 Å². The lowest BCUT2D eigenvalue weighted by atomic mass is 10.1. The third-order valence-electron chi connectivity index (χ3n) is 4.97. The van der Waals surface area contributed by atoms with Crippen LogP contribution in [-0.4, -0.2) is 63.3 Å². The lowest BCUT2D eigenvalue weighted by Gasteiger charge is -2.27. The van der Waals surface area contributed by atoms with Gasteiger partial charge in [-0.2, -0.15) is 0 Å². The van der Waals surface area contributed by atoms with Gasteiger partial charge in [-0.25, -0.2) is 4.98 Å². The number of morpholine rings is 1. The van der Waals surface area contributed by atoms with Crippen molar-refractivity contribution in [1.29, 1.82) is 0 Å². The van der Waals surface area contributed by atoms with Crippen LogP contribution >= 0.6 is 0 Å². The molecule has 1 fully saturated rings. The van der Waals surface area contributed by atoms with E-state index in [0.717, 1.165) is 56.9 Å². The van der Waals surface area contributed by atoms with Gasteiger partial charge in [-0.05, 0) is 23.3 Å². The van der Waals surface area contributed by atoms with Gasteiger partial charge in [0, 0.05) is 47.3 Å². The van der Waals surface area contributed by atoms with Crippen molar-refractivity contribution in [2.45, 2.75) is 19.6 Å². The minimum absolute atomic E-state index is 0.622. The molecule has 0 bridgehead atoms. The Kier molecular flexibility index (Phi) is 7.84. The van der Waals surface area contributed by atoms with Crippen molar-refractivity contribution in [2.75, 3.05) is 52.3 Å². The summed E-state index contributed by atoms with van der Waals surface area (Å²) in [5.41, 5.74) is 3.61. The number of guanidine groups is 1. The molecule has 2 N–H and O–H groups in total. The average molecular weight is 397 g/mol. The highest BCUT2D eigenvalue weighted by atomic mass is 16.5. The van der Waals surface area contributed by atoms with Gasteiger partial charge in [0.25, 0.3) is 0 Å². The smallest absolute Gasteiger partial charge is 0.191 e. The van der Waals surface area contributed by atoms with Crippen LogP contribution in [0.3, 0.4) is 0 Å². The van der Waals surface area contributed by atoms with Crippen molar-refractivity contribution in [3.05, 3.63) is 59.3 Å². The summed E-state index contributed by atoms with van der Waals surface area (Å²) in [7, 11) is 5.78. The Hall–Kier alpha value is -2.64. The Morgan fingerprint density at radius 1 is 1.03 bits per heavy atom. The second kappa shape index (κ2) is 10.8. The fourth-order valence-corrected chi connectivity index (χ4v) is 3.27. The van der Waals surface area contributed by atoms with Crippen molar-refractivity contribution in [3.8, 4) is 0 Å². The Bertz CT molecular complexity index is 801. The highest BCUT2D eigenvalue weighted by Gasteiger charge is 2.13. The Morgan fingerprint density at radius 3 is 2.48 bits per heavy atom. The van der Waals surface area contributed by atoms with Gasteiger partial charge in [-0.15, -0.1) is 0 Å². The van der Waals surface area contributed by atoms with E-state index in [-0.39, 0.29) is 0 Å². The SMILES string of the molecule is CN=C(NCc1cccc(N(C)C)n1)NCc1ccccc1CN1CCOCC1. The molecule has 7 heteroatoms. The minimum atomic E-state index is 0.622. The van der Waals surface area contributed by atoms with E-state index in [0.29, 0.717) is 6.54 Å². The fourth-order valence-electron chi connectivity index (χ4n) is 3.27. The van der Waals surface area contributed by atoms with E-state index >= 15 is 0 Å². The molecule has 0 unspecified atom stereocenters. The normalized spacial score (nSPS) is 15.2. The summed E-state index contributed by atoms with van der Waals surface area (Å²) >= 11 is 0. The van der Waals surface area contributed by atoms with E-state index < -0.39 is 0 Å². The van der Waals surface area contributed by atoms with E-state index in [1.807, 2.05) is 37.2 Å². The molecule has 0 spiro atoms. The van der Waals surface area contributed by atoms with Crippen LogP contribution in [0.5, 0.6) is 0 Å². The number of ether oxygens (including phenoxy) is 1. The molecule has 7 nitrogen and oxygen atoms in total. The predicted molar refractivity (Wildman–Crippen MR) is 118 cm³/mol. The Labute approximate surface area is 173 Å². The number of hydrogen-bond donors (Lipinski definition) is 2. The zero-order valence-corrected chi connectivity index (χ0v) is 17.7. The van der Waals surface area contributed by atoms with E-state index in [9.17, 15) is 0 Å². The third kappa shape index (κ3) is 6.44. The number of anilines is 1. The summed E-state index contributed by atoms with van der Waals surface area (Å²) in [4.78, 5) is 13.4. The molecule has 1 aromatic heterocycles. The monoisotopic (exact) mass is 396 g/mol. The van der Waals surface area contributed by atoms with E-state index in [1.54, 1.807) is 7.05 Å². The number of nitrogens with one attached hydrogen (secondary N) is 2. The number of nitrogens with zero attached hydrogens (tertiary/aromatic N) is 4. The highest BCUT2D eigenvalue weighted by Crippen LogP contribution is 2.13. The van der Waals surface area contributed by atoms with Crippen LogP contribution in [0.4, 0.5) is 5.82 Å². The number of aliphatic imine (C=N–C) groups is 1. The predicted octanol–water partition coefficient (Wildman–Crippen LogP) is 1.84. The van der Waals surface area contributed by atoms with Crippen LogP contribution in [0, 0.1) is 0 Å². The van der Waals surface area contributed by atoms with E-state index in [1.165, 1.54) is 11.1 Å². The van der Waals surface area contributed by atoms with Crippen LogP contribution in [0.1, 0.15) is 16.8 Å². The van der Waals surface area contributed by atoms with Gasteiger partial charge < -0.3 is 20.3 Å². The standard InChI is InChI=1S/C22H32N6O/c1-23-22(25-16-20-9-6-10-21(26-20)27(2)3)24-15-18-7-4-5-8-19(18)17-28-11-13-29-14-12-28/h4-10H,11-17H2,1-3H3,(H2,23,24,25). The quantitative estimate of drug-likeness (QED) is 0.550. The fraction of sp³-hybridized carbons (Fsp3) is 0.455. The topological polar surface area (TPSA) is 65.0 Å². The molecule has 2 heterocycles. The molecule has 1 aliphatic rings. The maximum atomic E-state index is 5.46. The lowest BCUT2D eigenvalue weighted by Crippen LogP contribution is -2.37. The van der Waals surface area contributed by atoms with Crippen molar-refractivity contribution in [3.63, 3.8) is 0 Å². The molecule has 0 atom stereocenters. The molecule has 0 amide bonds. The minimum Gasteiger partial charge on any atom is -0.379 e. The first-order chi connectivity index (χ1) is 14.2. The highest BCUT2D eigenvalue weighted by molar-refractivity contribution is 5.79. The lowest BCUT2D eigenvalue weighted by molar-refractivity contribution is 0.0341. The Balaban J connectivity index is 1.55. The second-order valence-corrected chi connectivity index (χ2v) is 7.32. The average Bonchev–Trinajstić information content (AvgIpc) is 2.76. The molecule has 0 aliphatic carbocycles. The zero-order chi connectivity index (χ0) is 20.5. The van der Waals surface area contributed by atoms with Gasteiger partial charge in [0.2, 0.25) is 0 Å². The van der Waals surface area contributed by atoms with Crippen molar-refractivity contribution in [1.82, 2.24) is 20.5 Å². The summed E-state index contributed by atoms with van der Waals surface area (Å²) < 4.78 is 5.46. The first kappa shape index (κ1) is 21.1. The zero-order valence-electron chi connectivity index (χ0n) is 17.7. The van der Waals surface area contributed by atoms with Gasteiger partial charge in [0.05, 0.1) is 25.5 Å². The van der Waals surface area contributed by atoms with Gasteiger partial charge >= 0.3 is 0 Å². The van der Waals surface area contributed by atoms with Gasteiger partial charge in [0.1, 0.15) is 5.82 Å². The Morgan fingerprint density at radius 2 is 1.76 bits per heavy atom. The van der Waals surface area contributed by atoms with Gasteiger partial charge in [-0.3, -0.25) is 9.89 Å². The van der Waals surface area contributed by atoms with Crippen molar-refractivity contribution >= 4 is 11.8 Å². The first-order valence-corrected chi connectivity index (χ1v) is 10.1. The van der Waals surface area contributed by atoms with Gasteiger partial charge in [0.15, 0.2) is 5.96 Å². The number of hydrogen-bond acceptors (Lipinski definition) is 5. The first-order valence-electron chi connectivity index (χ1n) is 10.1. The van der Waals surface area contributed by atoms with Crippen LogP contribution in [0.2, 0.25) is 0 Å². The molecule has 0 radical (unpaired) electrons. The molecule has 0 saturated carbocycles. The number of benzene rings is 1. The summed E-state index contributed by atoms with van der Waals surface area (Å²) in [5.74, 6) is 1.72. The molecular formula is C22H32N6O. The molecule has 156 valence electrons. The number of pyridine rings is 1. The molecule has 29 heavy (non-hydrogen) atoms. The summed E-state index contributed by atoms with van der Waals surface area (Å²) in [6.45, 7) is 5.92. The van der Waals surface area contributed by atoms with E-state index in [2.05, 4.69) is 49.8 Å². The third-order valence-corrected chi connectivity index (χ3v) is 4.97. The van der Waals surface area contributed by atoms with Crippen LogP contribution < -0.4 is 15.5 Å². The van der Waals surface area contributed by atoms with Crippen LogP contribution in [0.25, 0.3) is 0 Å². The van der Waals surface area contributed by atoms with Gasteiger partial charge in [-0.1, -0.05) is 30.3 Å². The molecule has 3 rings (SSSR count). The molecule has 1 aliphatic heterocycles. The maximum Gasteiger partial charge on any atom is 0.191 e. The molecular weight excluding hydrogens is 364 g/mol. The number of rotatable bonds is 7. The van der Waals surface area contributed by atoms with Crippen molar-refractivity contribution in [2.24, 2.45) is 4.99 Å². The van der Waals surface area contributed by atoms with Crippen LogP contribution in [-0.2, 0) is 24.4 Å². The van der Waals surface area contributed by atoms with Crippen LogP contribution in [0.15, 0.2) is 47.5 Å². The molecule has 2 aromatic rings. The number of aromatic nitrogens is 1. The summed E-state index contributed by atoms with van der Waals surface area (Å²) in [6.07, 6.45) is 0. The maximum absolute atomic E-state index is 5.46. The largest absolute Gasteiger partial charge is 0.379 e.